The van der Waals surface area contributed by atoms with E-state index in [1.807, 2.05) is 43.3 Å². The first-order valence-corrected chi connectivity index (χ1v) is 8.97. The molecule has 0 saturated carbocycles. The minimum Gasteiger partial charge on any atom is -0.497 e. The van der Waals surface area contributed by atoms with Crippen molar-refractivity contribution in [2.24, 2.45) is 0 Å². The Morgan fingerprint density at radius 3 is 2.83 bits per heavy atom. The van der Waals surface area contributed by atoms with Crippen LogP contribution in [-0.2, 0) is 0 Å². The minimum absolute atomic E-state index is 0.369. The van der Waals surface area contributed by atoms with Crippen LogP contribution in [0.25, 0.3) is 21.1 Å². The van der Waals surface area contributed by atoms with Gasteiger partial charge in [-0.1, -0.05) is 23.9 Å². The molecule has 1 aromatic carbocycles. The zero-order valence-corrected chi connectivity index (χ0v) is 14.8. The molecule has 0 N–H and O–H groups in total. The van der Waals surface area contributed by atoms with Gasteiger partial charge in [-0.25, -0.2) is 4.98 Å². The van der Waals surface area contributed by atoms with Gasteiger partial charge in [0.2, 0.25) is 0 Å². The maximum Gasteiger partial charge on any atom is 0.124 e. The Labute approximate surface area is 148 Å². The fraction of sp³-hybridized carbons (Fsp3) is 0.176. The molecule has 2 heterocycles. The van der Waals surface area contributed by atoms with Crippen LogP contribution in [0, 0.1) is 18.3 Å². The SMILES string of the molecule is COc1cccc(-c2nc(C)c(-c3ccc(SCC#N)nn3)s2)c1. The number of thiazole rings is 1. The molecule has 0 spiro atoms. The number of aryl methyl sites for hydroxylation is 1. The topological polar surface area (TPSA) is 71.7 Å². The number of thioether (sulfide) groups is 1. The molecule has 0 fully saturated rings. The van der Waals surface area contributed by atoms with E-state index in [-0.39, 0.29) is 0 Å². The lowest BCUT2D eigenvalue weighted by atomic mass is 10.2. The van der Waals surface area contributed by atoms with Gasteiger partial charge in [0.15, 0.2) is 0 Å². The molecule has 0 bridgehead atoms. The highest BCUT2D eigenvalue weighted by atomic mass is 32.2. The average Bonchev–Trinajstić information content (AvgIpc) is 3.02. The first-order chi connectivity index (χ1) is 11.7. The van der Waals surface area contributed by atoms with Crippen molar-refractivity contribution < 1.29 is 4.74 Å². The Bertz CT molecular complexity index is 884. The summed E-state index contributed by atoms with van der Waals surface area (Å²) in [5.41, 5.74) is 2.73. The lowest BCUT2D eigenvalue weighted by molar-refractivity contribution is 0.415. The van der Waals surface area contributed by atoms with Crippen molar-refractivity contribution in [3.63, 3.8) is 0 Å². The van der Waals surface area contributed by atoms with Gasteiger partial charge in [-0.05, 0) is 31.2 Å². The first-order valence-electron chi connectivity index (χ1n) is 7.17. The molecular weight excluding hydrogens is 340 g/mol. The first kappa shape index (κ1) is 16.4. The van der Waals surface area contributed by atoms with E-state index in [4.69, 9.17) is 10.00 Å². The maximum atomic E-state index is 8.61. The smallest absolute Gasteiger partial charge is 0.124 e. The van der Waals surface area contributed by atoms with Crippen LogP contribution >= 0.6 is 23.1 Å². The van der Waals surface area contributed by atoms with Crippen molar-refractivity contribution in [2.45, 2.75) is 11.9 Å². The number of hydrogen-bond donors (Lipinski definition) is 0. The summed E-state index contributed by atoms with van der Waals surface area (Å²) in [7, 11) is 1.65. The fourth-order valence-corrected chi connectivity index (χ4v) is 3.64. The molecule has 0 saturated heterocycles. The van der Waals surface area contributed by atoms with Crippen LogP contribution in [-0.4, -0.2) is 28.0 Å². The normalized spacial score (nSPS) is 10.4. The van der Waals surface area contributed by atoms with Gasteiger partial charge in [0.05, 0.1) is 29.5 Å². The highest BCUT2D eigenvalue weighted by molar-refractivity contribution is 7.99. The van der Waals surface area contributed by atoms with Gasteiger partial charge < -0.3 is 4.74 Å². The van der Waals surface area contributed by atoms with E-state index in [0.29, 0.717) is 5.75 Å². The van der Waals surface area contributed by atoms with Gasteiger partial charge in [0.1, 0.15) is 21.5 Å². The van der Waals surface area contributed by atoms with Crippen LogP contribution in [0.1, 0.15) is 5.69 Å². The molecule has 3 aromatic rings. The van der Waals surface area contributed by atoms with Gasteiger partial charge >= 0.3 is 0 Å². The Balaban J connectivity index is 1.90. The van der Waals surface area contributed by atoms with Crippen LogP contribution in [0.15, 0.2) is 41.4 Å². The summed E-state index contributed by atoms with van der Waals surface area (Å²) in [5, 5.41) is 18.7. The number of methoxy groups -OCH3 is 1. The van der Waals surface area contributed by atoms with Gasteiger partial charge in [-0.3, -0.25) is 0 Å². The van der Waals surface area contributed by atoms with Crippen LogP contribution in [0.5, 0.6) is 5.75 Å². The minimum atomic E-state index is 0.369. The third-order valence-corrected chi connectivity index (χ3v) is 5.29. The summed E-state index contributed by atoms with van der Waals surface area (Å²) in [6, 6.07) is 13.7. The molecule has 24 heavy (non-hydrogen) atoms. The fourth-order valence-electron chi connectivity index (χ4n) is 2.14. The van der Waals surface area contributed by atoms with Crippen molar-refractivity contribution in [2.75, 3.05) is 12.9 Å². The number of nitrogens with zero attached hydrogens (tertiary/aromatic N) is 4. The number of hydrogen-bond acceptors (Lipinski definition) is 7. The van der Waals surface area contributed by atoms with E-state index in [1.54, 1.807) is 18.4 Å². The average molecular weight is 354 g/mol. The van der Waals surface area contributed by atoms with Crippen LogP contribution < -0.4 is 4.74 Å². The molecule has 0 unspecified atom stereocenters. The van der Waals surface area contributed by atoms with Gasteiger partial charge in [-0.2, -0.15) is 5.26 Å². The Morgan fingerprint density at radius 2 is 2.12 bits per heavy atom. The molecule has 5 nitrogen and oxygen atoms in total. The second-order valence-corrected chi connectivity index (χ2v) is 6.86. The molecule has 0 aliphatic heterocycles. The third kappa shape index (κ3) is 3.55. The van der Waals surface area contributed by atoms with Crippen LogP contribution in [0.2, 0.25) is 0 Å². The molecule has 0 aliphatic rings. The van der Waals surface area contributed by atoms with Gasteiger partial charge in [0.25, 0.3) is 0 Å². The maximum absolute atomic E-state index is 8.61. The van der Waals surface area contributed by atoms with Crippen LogP contribution in [0.4, 0.5) is 0 Å². The van der Waals surface area contributed by atoms with E-state index < -0.39 is 0 Å². The second kappa shape index (κ2) is 7.43. The summed E-state index contributed by atoms with van der Waals surface area (Å²) < 4.78 is 5.27. The lowest BCUT2D eigenvalue weighted by Crippen LogP contribution is -1.89. The zero-order valence-electron chi connectivity index (χ0n) is 13.2. The van der Waals surface area contributed by atoms with E-state index in [0.717, 1.165) is 37.6 Å². The number of rotatable bonds is 5. The molecule has 120 valence electrons. The number of nitriles is 1. The summed E-state index contributed by atoms with van der Waals surface area (Å²) >= 11 is 2.95. The van der Waals surface area contributed by atoms with Crippen molar-refractivity contribution in [1.29, 1.82) is 5.26 Å². The number of ether oxygens (including phenoxy) is 1. The second-order valence-electron chi connectivity index (χ2n) is 4.87. The number of benzene rings is 1. The molecule has 7 heteroatoms. The summed E-state index contributed by atoms with van der Waals surface area (Å²) in [4.78, 5) is 5.65. The van der Waals surface area contributed by atoms with Crippen molar-refractivity contribution in [3.05, 3.63) is 42.1 Å². The lowest BCUT2D eigenvalue weighted by Gasteiger charge is -2.01. The summed E-state index contributed by atoms with van der Waals surface area (Å²) in [6.45, 7) is 1.97. The summed E-state index contributed by atoms with van der Waals surface area (Å²) in [5.74, 6) is 1.17. The molecule has 0 aliphatic carbocycles. The van der Waals surface area contributed by atoms with Crippen molar-refractivity contribution in [1.82, 2.24) is 15.2 Å². The predicted octanol–water partition coefficient (Wildman–Crippen LogP) is 4.20. The monoisotopic (exact) mass is 354 g/mol. The Kier molecular flexibility index (Phi) is 5.08. The van der Waals surface area contributed by atoms with E-state index in [9.17, 15) is 0 Å². The molecule has 0 amide bonds. The third-order valence-electron chi connectivity index (χ3n) is 3.27. The van der Waals surface area contributed by atoms with Crippen molar-refractivity contribution in [3.8, 4) is 33.0 Å². The standard InChI is InChI=1S/C17H14N4OS2/c1-11-16(14-6-7-15(21-20-14)23-9-8-18)24-17(19-11)12-4-3-5-13(10-12)22-2/h3-7,10H,9H2,1-2H3. The number of aromatic nitrogens is 3. The predicted molar refractivity (Wildman–Crippen MR) is 96.2 cm³/mol. The molecule has 3 rings (SSSR count). The quantitative estimate of drug-likeness (QED) is 0.640. The summed E-state index contributed by atoms with van der Waals surface area (Å²) in [6.07, 6.45) is 0. The van der Waals surface area contributed by atoms with Gasteiger partial charge in [-0.15, -0.1) is 21.5 Å². The molecular formula is C17H14N4OS2. The van der Waals surface area contributed by atoms with Crippen molar-refractivity contribution >= 4 is 23.1 Å². The highest BCUT2D eigenvalue weighted by Crippen LogP contribution is 2.35. The van der Waals surface area contributed by atoms with E-state index in [2.05, 4.69) is 21.3 Å². The molecule has 0 atom stereocenters. The largest absolute Gasteiger partial charge is 0.497 e. The van der Waals surface area contributed by atoms with E-state index >= 15 is 0 Å². The molecule has 2 aromatic heterocycles. The van der Waals surface area contributed by atoms with Gasteiger partial charge in [0, 0.05) is 5.56 Å². The Hall–Kier alpha value is -2.43. The Morgan fingerprint density at radius 1 is 1.25 bits per heavy atom. The van der Waals surface area contributed by atoms with Crippen LogP contribution in [0.3, 0.4) is 0 Å². The highest BCUT2D eigenvalue weighted by Gasteiger charge is 2.13. The molecule has 0 radical (unpaired) electrons. The zero-order chi connectivity index (χ0) is 16.9. The van der Waals surface area contributed by atoms with E-state index in [1.165, 1.54) is 11.8 Å².